The first-order valence-corrected chi connectivity index (χ1v) is 7.06. The molecule has 1 saturated heterocycles. The normalized spacial score (nSPS) is 17.7. The van der Waals surface area contributed by atoms with E-state index in [9.17, 15) is 0 Å². The van der Waals surface area contributed by atoms with Crippen molar-refractivity contribution in [1.82, 2.24) is 14.9 Å². The monoisotopic (exact) mass is 263 g/mol. The standard InChI is InChI=1S/C14H25N5/c1-11(2)17-13-9-14(16-10-15-13)19(4)12-5-7-18(3)8-6-12/h9-12H,5-8H2,1-4H3,(H,15,16,17). The molecule has 5 nitrogen and oxygen atoms in total. The lowest BCUT2D eigenvalue weighted by Gasteiger charge is -2.35. The summed E-state index contributed by atoms with van der Waals surface area (Å²) in [4.78, 5) is 13.3. The Hall–Kier alpha value is -1.36. The molecular weight excluding hydrogens is 238 g/mol. The Labute approximate surface area is 116 Å². The lowest BCUT2D eigenvalue weighted by molar-refractivity contribution is 0.252. The van der Waals surface area contributed by atoms with Gasteiger partial charge in [0.05, 0.1) is 0 Å². The summed E-state index contributed by atoms with van der Waals surface area (Å²) in [6.07, 6.45) is 4.04. The zero-order valence-corrected chi connectivity index (χ0v) is 12.4. The summed E-state index contributed by atoms with van der Waals surface area (Å²) in [6.45, 7) is 6.55. The van der Waals surface area contributed by atoms with E-state index in [4.69, 9.17) is 0 Å². The molecule has 0 unspecified atom stereocenters. The molecule has 5 heteroatoms. The largest absolute Gasteiger partial charge is 0.368 e. The van der Waals surface area contributed by atoms with E-state index in [1.54, 1.807) is 6.33 Å². The van der Waals surface area contributed by atoms with Gasteiger partial charge in [-0.25, -0.2) is 9.97 Å². The summed E-state index contributed by atoms with van der Waals surface area (Å²) in [5.74, 6) is 1.91. The van der Waals surface area contributed by atoms with Crippen LogP contribution in [0.2, 0.25) is 0 Å². The molecule has 2 heterocycles. The predicted molar refractivity (Wildman–Crippen MR) is 79.7 cm³/mol. The number of piperidine rings is 1. The second-order valence-electron chi connectivity index (χ2n) is 5.71. The average Bonchev–Trinajstić information content (AvgIpc) is 2.38. The van der Waals surface area contributed by atoms with Crippen LogP contribution in [0.1, 0.15) is 26.7 Å². The first-order valence-electron chi connectivity index (χ1n) is 7.06. The fourth-order valence-electron chi connectivity index (χ4n) is 2.48. The summed E-state index contributed by atoms with van der Waals surface area (Å²) in [6, 6.07) is 3.01. The number of hydrogen-bond donors (Lipinski definition) is 1. The van der Waals surface area contributed by atoms with Crippen molar-refractivity contribution < 1.29 is 0 Å². The molecule has 0 amide bonds. The van der Waals surface area contributed by atoms with Gasteiger partial charge in [0.25, 0.3) is 0 Å². The van der Waals surface area contributed by atoms with E-state index in [0.29, 0.717) is 12.1 Å². The molecule has 0 saturated carbocycles. The number of nitrogens with one attached hydrogen (secondary N) is 1. The van der Waals surface area contributed by atoms with Gasteiger partial charge in [0, 0.05) is 25.2 Å². The van der Waals surface area contributed by atoms with Crippen LogP contribution in [0, 0.1) is 0 Å². The van der Waals surface area contributed by atoms with Crippen LogP contribution < -0.4 is 10.2 Å². The molecule has 0 radical (unpaired) electrons. The van der Waals surface area contributed by atoms with Crippen LogP contribution >= 0.6 is 0 Å². The van der Waals surface area contributed by atoms with Gasteiger partial charge in [-0.2, -0.15) is 0 Å². The molecule has 1 aliphatic rings. The van der Waals surface area contributed by atoms with Crippen molar-refractivity contribution >= 4 is 11.6 Å². The Kier molecular flexibility index (Phi) is 4.58. The lowest BCUT2D eigenvalue weighted by atomic mass is 10.0. The van der Waals surface area contributed by atoms with Gasteiger partial charge in [-0.1, -0.05) is 0 Å². The highest BCUT2D eigenvalue weighted by molar-refractivity contribution is 5.48. The van der Waals surface area contributed by atoms with Crippen LogP contribution in [-0.2, 0) is 0 Å². The van der Waals surface area contributed by atoms with Crippen molar-refractivity contribution in [2.75, 3.05) is 37.4 Å². The van der Waals surface area contributed by atoms with Gasteiger partial charge >= 0.3 is 0 Å². The molecule has 1 aromatic rings. The molecule has 0 aliphatic carbocycles. The van der Waals surface area contributed by atoms with Crippen LogP contribution in [0.25, 0.3) is 0 Å². The van der Waals surface area contributed by atoms with E-state index in [1.165, 1.54) is 12.8 Å². The minimum Gasteiger partial charge on any atom is -0.368 e. The molecule has 0 spiro atoms. The zero-order chi connectivity index (χ0) is 13.8. The predicted octanol–water partition coefficient (Wildman–Crippen LogP) is 1.83. The molecule has 1 N–H and O–H groups in total. The highest BCUT2D eigenvalue weighted by Crippen LogP contribution is 2.21. The van der Waals surface area contributed by atoms with Crippen molar-refractivity contribution in [2.24, 2.45) is 0 Å². The summed E-state index contributed by atoms with van der Waals surface area (Å²) in [5, 5.41) is 3.32. The Morgan fingerprint density at radius 3 is 2.63 bits per heavy atom. The molecule has 2 rings (SSSR count). The topological polar surface area (TPSA) is 44.3 Å². The number of likely N-dealkylation sites (tertiary alicyclic amines) is 1. The third-order valence-electron chi connectivity index (χ3n) is 3.69. The third-order valence-corrected chi connectivity index (χ3v) is 3.69. The second kappa shape index (κ2) is 6.19. The first-order chi connectivity index (χ1) is 9.06. The van der Waals surface area contributed by atoms with Gasteiger partial charge in [-0.05, 0) is 46.8 Å². The lowest BCUT2D eigenvalue weighted by Crippen LogP contribution is -2.42. The molecule has 1 aromatic heterocycles. The summed E-state index contributed by atoms with van der Waals surface area (Å²) in [7, 11) is 4.32. The maximum Gasteiger partial charge on any atom is 0.134 e. The SMILES string of the molecule is CC(C)Nc1cc(N(C)C2CCN(C)CC2)ncn1. The quantitative estimate of drug-likeness (QED) is 0.898. The van der Waals surface area contributed by atoms with E-state index < -0.39 is 0 Å². The molecular formula is C14H25N5. The molecule has 106 valence electrons. The van der Waals surface area contributed by atoms with Crippen molar-refractivity contribution in [3.05, 3.63) is 12.4 Å². The van der Waals surface area contributed by atoms with Crippen molar-refractivity contribution in [3.8, 4) is 0 Å². The van der Waals surface area contributed by atoms with Crippen LogP contribution in [-0.4, -0.2) is 54.1 Å². The Morgan fingerprint density at radius 1 is 1.32 bits per heavy atom. The smallest absolute Gasteiger partial charge is 0.134 e. The van der Waals surface area contributed by atoms with E-state index in [2.05, 4.69) is 53.0 Å². The molecule has 0 aromatic carbocycles. The number of anilines is 2. The van der Waals surface area contributed by atoms with Crippen molar-refractivity contribution in [1.29, 1.82) is 0 Å². The molecule has 1 fully saturated rings. The summed E-state index contributed by atoms with van der Waals surface area (Å²) >= 11 is 0. The second-order valence-corrected chi connectivity index (χ2v) is 5.71. The van der Waals surface area contributed by atoms with Crippen LogP contribution in [0.5, 0.6) is 0 Å². The third kappa shape index (κ3) is 3.80. The van der Waals surface area contributed by atoms with Crippen LogP contribution in [0.15, 0.2) is 12.4 Å². The van der Waals surface area contributed by atoms with Gasteiger partial charge in [-0.3, -0.25) is 0 Å². The fraction of sp³-hybridized carbons (Fsp3) is 0.714. The van der Waals surface area contributed by atoms with Crippen molar-refractivity contribution in [3.63, 3.8) is 0 Å². The summed E-state index contributed by atoms with van der Waals surface area (Å²) in [5.41, 5.74) is 0. The minimum atomic E-state index is 0.386. The van der Waals surface area contributed by atoms with Crippen molar-refractivity contribution in [2.45, 2.75) is 38.8 Å². The number of aromatic nitrogens is 2. The van der Waals surface area contributed by atoms with Gasteiger partial charge < -0.3 is 15.1 Å². The highest BCUT2D eigenvalue weighted by atomic mass is 15.2. The number of rotatable bonds is 4. The zero-order valence-electron chi connectivity index (χ0n) is 12.4. The van der Waals surface area contributed by atoms with Gasteiger partial charge in [0.1, 0.15) is 18.0 Å². The molecule has 0 bridgehead atoms. The van der Waals surface area contributed by atoms with Gasteiger partial charge in [-0.15, -0.1) is 0 Å². The summed E-state index contributed by atoms with van der Waals surface area (Å²) < 4.78 is 0. The van der Waals surface area contributed by atoms with Gasteiger partial charge in [0.2, 0.25) is 0 Å². The first kappa shape index (κ1) is 14.1. The number of nitrogens with zero attached hydrogens (tertiary/aromatic N) is 4. The van der Waals surface area contributed by atoms with E-state index in [0.717, 1.165) is 24.7 Å². The molecule has 1 aliphatic heterocycles. The van der Waals surface area contributed by atoms with E-state index in [-0.39, 0.29) is 0 Å². The average molecular weight is 263 g/mol. The minimum absolute atomic E-state index is 0.386. The Balaban J connectivity index is 2.04. The maximum atomic E-state index is 4.40. The fourth-order valence-corrected chi connectivity index (χ4v) is 2.48. The molecule has 19 heavy (non-hydrogen) atoms. The van der Waals surface area contributed by atoms with E-state index >= 15 is 0 Å². The van der Waals surface area contributed by atoms with Crippen LogP contribution in [0.4, 0.5) is 11.6 Å². The number of hydrogen-bond acceptors (Lipinski definition) is 5. The van der Waals surface area contributed by atoms with E-state index in [1.807, 2.05) is 6.07 Å². The Morgan fingerprint density at radius 2 is 2.00 bits per heavy atom. The maximum absolute atomic E-state index is 4.40. The van der Waals surface area contributed by atoms with Crippen LogP contribution in [0.3, 0.4) is 0 Å². The Bertz CT molecular complexity index is 399. The highest BCUT2D eigenvalue weighted by Gasteiger charge is 2.21. The van der Waals surface area contributed by atoms with Gasteiger partial charge in [0.15, 0.2) is 0 Å². The molecule has 0 atom stereocenters.